The van der Waals surface area contributed by atoms with Gasteiger partial charge in [0.25, 0.3) is 5.69 Å². The Hall–Kier alpha value is -1.33. The van der Waals surface area contributed by atoms with E-state index in [2.05, 4.69) is 0 Å². The molecule has 0 atom stereocenters. The van der Waals surface area contributed by atoms with E-state index < -0.39 is 4.92 Å². The van der Waals surface area contributed by atoms with E-state index >= 15 is 0 Å². The van der Waals surface area contributed by atoms with Crippen molar-refractivity contribution in [1.82, 2.24) is 0 Å². The van der Waals surface area contributed by atoms with Gasteiger partial charge < -0.3 is 10.0 Å². The van der Waals surface area contributed by atoms with Crippen LogP contribution in [-0.2, 0) is 0 Å². The molecule has 0 unspecified atom stereocenters. The Balaban J connectivity index is 3.16. The van der Waals surface area contributed by atoms with Crippen molar-refractivity contribution in [2.24, 2.45) is 0 Å². The summed E-state index contributed by atoms with van der Waals surface area (Å²) in [6.45, 7) is 2.72. The summed E-state index contributed by atoms with van der Waals surface area (Å²) < 4.78 is 0. The summed E-state index contributed by atoms with van der Waals surface area (Å²) in [7, 11) is 0. The topological polar surface area (TPSA) is 66.6 Å². The molecule has 0 amide bonds. The number of rotatable bonds is 5. The van der Waals surface area contributed by atoms with Crippen LogP contribution in [0.1, 0.15) is 6.92 Å². The zero-order chi connectivity index (χ0) is 12.1. The average Bonchev–Trinajstić information content (AvgIpc) is 2.25. The van der Waals surface area contributed by atoms with E-state index in [-0.39, 0.29) is 12.3 Å². The van der Waals surface area contributed by atoms with Crippen molar-refractivity contribution >= 4 is 23.0 Å². The molecule has 0 saturated heterocycles. The van der Waals surface area contributed by atoms with Crippen molar-refractivity contribution in [3.63, 3.8) is 0 Å². The summed E-state index contributed by atoms with van der Waals surface area (Å²) in [6.07, 6.45) is 0. The number of benzene rings is 1. The minimum atomic E-state index is -0.453. The largest absolute Gasteiger partial charge is 0.395 e. The lowest BCUT2D eigenvalue weighted by molar-refractivity contribution is -0.384. The highest BCUT2D eigenvalue weighted by atomic mass is 35.5. The number of likely N-dealkylation sites (N-methyl/N-ethyl adjacent to an activating group) is 1. The third-order valence-corrected chi connectivity index (χ3v) is 2.46. The van der Waals surface area contributed by atoms with Crippen molar-refractivity contribution in [1.29, 1.82) is 0 Å². The molecule has 0 fully saturated rings. The molecule has 1 N–H and O–H groups in total. The van der Waals surface area contributed by atoms with Crippen molar-refractivity contribution in [3.8, 4) is 0 Å². The van der Waals surface area contributed by atoms with E-state index in [0.717, 1.165) is 0 Å². The number of anilines is 1. The molecule has 0 spiro atoms. The first kappa shape index (κ1) is 12.7. The van der Waals surface area contributed by atoms with Gasteiger partial charge in [-0.25, -0.2) is 0 Å². The second kappa shape index (κ2) is 5.67. The molecule has 0 radical (unpaired) electrons. The number of halogens is 1. The van der Waals surface area contributed by atoms with Gasteiger partial charge in [-0.1, -0.05) is 11.6 Å². The standard InChI is InChI=1S/C10H13ClN2O3/c1-2-12(5-6-14)10-7-8(11)3-4-9(10)13(15)16/h3-4,7,14H,2,5-6H2,1H3. The predicted octanol–water partition coefficient (Wildman–Crippen LogP) is 2.07. The van der Waals surface area contributed by atoms with Crippen LogP contribution in [0.3, 0.4) is 0 Å². The fourth-order valence-corrected chi connectivity index (χ4v) is 1.64. The minimum absolute atomic E-state index is 0.000278. The lowest BCUT2D eigenvalue weighted by Crippen LogP contribution is -2.26. The minimum Gasteiger partial charge on any atom is -0.395 e. The molecule has 0 aliphatic heterocycles. The molecule has 1 aromatic rings. The highest BCUT2D eigenvalue weighted by Crippen LogP contribution is 2.30. The fraction of sp³-hybridized carbons (Fsp3) is 0.400. The van der Waals surface area contributed by atoms with Crippen LogP contribution >= 0.6 is 11.6 Å². The Bertz CT molecular complexity index is 384. The molecule has 5 nitrogen and oxygen atoms in total. The van der Waals surface area contributed by atoms with E-state index in [1.54, 1.807) is 11.0 Å². The van der Waals surface area contributed by atoms with Crippen LogP contribution in [0.25, 0.3) is 0 Å². The Morgan fingerprint density at radius 1 is 1.56 bits per heavy atom. The van der Waals surface area contributed by atoms with Crippen LogP contribution in [-0.4, -0.2) is 29.7 Å². The van der Waals surface area contributed by atoms with Crippen LogP contribution in [0.5, 0.6) is 0 Å². The summed E-state index contributed by atoms with van der Waals surface area (Å²) in [5.74, 6) is 0. The Kier molecular flexibility index (Phi) is 4.52. The van der Waals surface area contributed by atoms with Gasteiger partial charge in [-0.15, -0.1) is 0 Å². The van der Waals surface area contributed by atoms with Crippen LogP contribution in [0.4, 0.5) is 11.4 Å². The Labute approximate surface area is 98.4 Å². The first-order valence-electron chi connectivity index (χ1n) is 4.90. The van der Waals surface area contributed by atoms with Gasteiger partial charge >= 0.3 is 0 Å². The normalized spacial score (nSPS) is 10.2. The summed E-state index contributed by atoms with van der Waals surface area (Å²) in [6, 6.07) is 4.40. The van der Waals surface area contributed by atoms with Gasteiger partial charge in [0.2, 0.25) is 0 Å². The third kappa shape index (κ3) is 2.84. The molecule has 6 heteroatoms. The second-order valence-corrected chi connectivity index (χ2v) is 3.63. The van der Waals surface area contributed by atoms with Crippen molar-refractivity contribution < 1.29 is 10.0 Å². The summed E-state index contributed by atoms with van der Waals surface area (Å²) in [4.78, 5) is 12.1. The number of aliphatic hydroxyl groups excluding tert-OH is 1. The van der Waals surface area contributed by atoms with Crippen LogP contribution in [0.15, 0.2) is 18.2 Å². The zero-order valence-electron chi connectivity index (χ0n) is 8.89. The van der Waals surface area contributed by atoms with Gasteiger partial charge in [0.15, 0.2) is 0 Å². The van der Waals surface area contributed by atoms with Crippen LogP contribution < -0.4 is 4.90 Å². The molecule has 0 heterocycles. The zero-order valence-corrected chi connectivity index (χ0v) is 9.65. The molecule has 1 rings (SSSR count). The lowest BCUT2D eigenvalue weighted by atomic mass is 10.2. The molecule has 88 valence electrons. The number of nitro benzene ring substituents is 1. The van der Waals surface area contributed by atoms with Crippen molar-refractivity contribution in [2.45, 2.75) is 6.92 Å². The smallest absolute Gasteiger partial charge is 0.292 e. The molecule has 0 bridgehead atoms. The van der Waals surface area contributed by atoms with Crippen LogP contribution in [0, 0.1) is 10.1 Å². The van der Waals surface area contributed by atoms with Gasteiger partial charge in [-0.3, -0.25) is 10.1 Å². The summed E-state index contributed by atoms with van der Waals surface area (Å²) in [5.41, 5.74) is 0.439. The second-order valence-electron chi connectivity index (χ2n) is 3.19. The van der Waals surface area contributed by atoms with Gasteiger partial charge in [0, 0.05) is 24.2 Å². The first-order chi connectivity index (χ1) is 7.60. The van der Waals surface area contributed by atoms with E-state index in [1.165, 1.54) is 12.1 Å². The molecule has 16 heavy (non-hydrogen) atoms. The fourth-order valence-electron chi connectivity index (χ4n) is 1.47. The molecule has 1 aromatic carbocycles. The Morgan fingerprint density at radius 3 is 2.75 bits per heavy atom. The first-order valence-corrected chi connectivity index (χ1v) is 5.27. The number of hydrogen-bond acceptors (Lipinski definition) is 4. The van der Waals surface area contributed by atoms with Gasteiger partial charge in [0.05, 0.1) is 11.5 Å². The van der Waals surface area contributed by atoms with Crippen molar-refractivity contribution in [3.05, 3.63) is 33.3 Å². The molecule has 0 saturated carbocycles. The summed E-state index contributed by atoms with van der Waals surface area (Å²) >= 11 is 5.81. The van der Waals surface area contributed by atoms with E-state index in [9.17, 15) is 10.1 Å². The van der Waals surface area contributed by atoms with Gasteiger partial charge in [-0.05, 0) is 19.1 Å². The lowest BCUT2D eigenvalue weighted by Gasteiger charge is -2.21. The predicted molar refractivity (Wildman–Crippen MR) is 63.1 cm³/mol. The molecular formula is C10H13ClN2O3. The number of hydrogen-bond donors (Lipinski definition) is 1. The quantitative estimate of drug-likeness (QED) is 0.636. The molecular weight excluding hydrogens is 232 g/mol. The number of nitro groups is 1. The SMILES string of the molecule is CCN(CCO)c1cc(Cl)ccc1[N+](=O)[O-]. The molecule has 0 aliphatic carbocycles. The maximum atomic E-state index is 10.8. The highest BCUT2D eigenvalue weighted by Gasteiger charge is 2.18. The van der Waals surface area contributed by atoms with Crippen LogP contribution in [0.2, 0.25) is 5.02 Å². The average molecular weight is 245 g/mol. The monoisotopic (exact) mass is 244 g/mol. The maximum Gasteiger partial charge on any atom is 0.292 e. The van der Waals surface area contributed by atoms with E-state index in [0.29, 0.717) is 23.8 Å². The maximum absolute atomic E-state index is 10.8. The molecule has 0 aliphatic rings. The number of aliphatic hydroxyl groups is 1. The number of nitrogens with zero attached hydrogens (tertiary/aromatic N) is 2. The highest BCUT2D eigenvalue weighted by molar-refractivity contribution is 6.31. The summed E-state index contributed by atoms with van der Waals surface area (Å²) in [5, 5.41) is 20.2. The third-order valence-electron chi connectivity index (χ3n) is 2.23. The van der Waals surface area contributed by atoms with E-state index in [1.807, 2.05) is 6.92 Å². The van der Waals surface area contributed by atoms with E-state index in [4.69, 9.17) is 16.7 Å². The van der Waals surface area contributed by atoms with Crippen molar-refractivity contribution in [2.75, 3.05) is 24.6 Å². The van der Waals surface area contributed by atoms with Gasteiger partial charge in [0.1, 0.15) is 5.69 Å². The van der Waals surface area contributed by atoms with Gasteiger partial charge in [-0.2, -0.15) is 0 Å². The molecule has 0 aromatic heterocycles. The Morgan fingerprint density at radius 2 is 2.25 bits per heavy atom.